The van der Waals surface area contributed by atoms with Crippen LogP contribution in [-0.2, 0) is 9.59 Å². The van der Waals surface area contributed by atoms with Gasteiger partial charge in [-0.2, -0.15) is 0 Å². The second-order valence-corrected chi connectivity index (χ2v) is 5.18. The lowest BCUT2D eigenvalue weighted by molar-refractivity contribution is -0.120. The van der Waals surface area contributed by atoms with Crippen molar-refractivity contribution in [1.82, 2.24) is 5.32 Å². The standard InChI is InChI=1S/C14H19ClN2O2/c1-9-4-5-10(2)12(8-9)17-13(18)6-7-16-14(19)11(3)15/h4-5,8,11H,6-7H2,1-3H3,(H,16,19)(H,17,18). The number of nitrogens with one attached hydrogen (secondary N) is 2. The molecule has 0 heterocycles. The third-order valence-electron chi connectivity index (χ3n) is 2.68. The van der Waals surface area contributed by atoms with Crippen LogP contribution in [0.4, 0.5) is 5.69 Å². The van der Waals surface area contributed by atoms with Gasteiger partial charge in [-0.05, 0) is 38.0 Å². The quantitative estimate of drug-likeness (QED) is 0.815. The first kappa shape index (κ1) is 15.5. The Morgan fingerprint density at radius 2 is 2.00 bits per heavy atom. The number of aryl methyl sites for hydroxylation is 2. The van der Waals surface area contributed by atoms with Gasteiger partial charge in [0.2, 0.25) is 11.8 Å². The van der Waals surface area contributed by atoms with Gasteiger partial charge in [-0.25, -0.2) is 0 Å². The van der Waals surface area contributed by atoms with Crippen LogP contribution in [0, 0.1) is 13.8 Å². The van der Waals surface area contributed by atoms with Gasteiger partial charge in [-0.15, -0.1) is 11.6 Å². The first-order chi connectivity index (χ1) is 8.90. The summed E-state index contributed by atoms with van der Waals surface area (Å²) in [5, 5.41) is 4.84. The number of hydrogen-bond donors (Lipinski definition) is 2. The molecular formula is C14H19ClN2O2. The highest BCUT2D eigenvalue weighted by Gasteiger charge is 2.09. The molecule has 0 fully saturated rings. The van der Waals surface area contributed by atoms with Gasteiger partial charge in [0, 0.05) is 18.7 Å². The first-order valence-electron chi connectivity index (χ1n) is 6.19. The highest BCUT2D eigenvalue weighted by molar-refractivity contribution is 6.30. The molecule has 0 radical (unpaired) electrons. The molecule has 0 aliphatic carbocycles. The maximum Gasteiger partial charge on any atom is 0.237 e. The largest absolute Gasteiger partial charge is 0.354 e. The Hall–Kier alpha value is -1.55. The van der Waals surface area contributed by atoms with Gasteiger partial charge in [-0.1, -0.05) is 12.1 Å². The lowest BCUT2D eigenvalue weighted by Gasteiger charge is -2.10. The number of hydrogen-bond acceptors (Lipinski definition) is 2. The molecule has 0 spiro atoms. The van der Waals surface area contributed by atoms with E-state index in [1.807, 2.05) is 32.0 Å². The molecule has 2 amide bonds. The maximum atomic E-state index is 11.7. The minimum Gasteiger partial charge on any atom is -0.354 e. The van der Waals surface area contributed by atoms with Crippen LogP contribution in [0.3, 0.4) is 0 Å². The molecule has 19 heavy (non-hydrogen) atoms. The SMILES string of the molecule is Cc1ccc(C)c(NC(=O)CCNC(=O)C(C)Cl)c1. The molecule has 0 saturated heterocycles. The number of rotatable bonds is 5. The Labute approximate surface area is 118 Å². The fourth-order valence-corrected chi connectivity index (χ4v) is 1.60. The van der Waals surface area contributed by atoms with Gasteiger partial charge in [0.05, 0.1) is 0 Å². The molecule has 0 aliphatic rings. The number of halogens is 1. The van der Waals surface area contributed by atoms with Crippen LogP contribution in [0.1, 0.15) is 24.5 Å². The second-order valence-electron chi connectivity index (χ2n) is 4.52. The van der Waals surface area contributed by atoms with E-state index in [1.54, 1.807) is 6.92 Å². The normalized spacial score (nSPS) is 11.8. The maximum absolute atomic E-state index is 11.7. The summed E-state index contributed by atoms with van der Waals surface area (Å²) >= 11 is 5.60. The first-order valence-corrected chi connectivity index (χ1v) is 6.62. The lowest BCUT2D eigenvalue weighted by Crippen LogP contribution is -2.32. The summed E-state index contributed by atoms with van der Waals surface area (Å²) in [6.07, 6.45) is 0.225. The number of anilines is 1. The molecule has 2 N–H and O–H groups in total. The van der Waals surface area contributed by atoms with Crippen LogP contribution in [-0.4, -0.2) is 23.7 Å². The molecule has 1 unspecified atom stereocenters. The number of amides is 2. The molecule has 1 aromatic carbocycles. The van der Waals surface area contributed by atoms with E-state index in [2.05, 4.69) is 10.6 Å². The molecule has 5 heteroatoms. The monoisotopic (exact) mass is 282 g/mol. The van der Waals surface area contributed by atoms with Crippen LogP contribution in [0.15, 0.2) is 18.2 Å². The molecule has 0 bridgehead atoms. The van der Waals surface area contributed by atoms with E-state index in [1.165, 1.54) is 0 Å². The van der Waals surface area contributed by atoms with E-state index in [0.717, 1.165) is 16.8 Å². The van der Waals surface area contributed by atoms with Crippen molar-refractivity contribution in [3.8, 4) is 0 Å². The highest BCUT2D eigenvalue weighted by Crippen LogP contribution is 2.16. The Morgan fingerprint density at radius 3 is 2.63 bits per heavy atom. The summed E-state index contributed by atoms with van der Waals surface area (Å²) < 4.78 is 0. The van der Waals surface area contributed by atoms with E-state index in [-0.39, 0.29) is 24.8 Å². The van der Waals surface area contributed by atoms with Crippen molar-refractivity contribution >= 4 is 29.1 Å². The van der Waals surface area contributed by atoms with Gasteiger partial charge in [0.15, 0.2) is 0 Å². The number of benzene rings is 1. The van der Waals surface area contributed by atoms with Crippen molar-refractivity contribution in [1.29, 1.82) is 0 Å². The topological polar surface area (TPSA) is 58.2 Å². The van der Waals surface area contributed by atoms with E-state index in [4.69, 9.17) is 11.6 Å². The van der Waals surface area contributed by atoms with Crippen molar-refractivity contribution in [3.63, 3.8) is 0 Å². The fourth-order valence-electron chi connectivity index (χ4n) is 1.52. The molecule has 0 saturated carbocycles. The van der Waals surface area contributed by atoms with E-state index in [9.17, 15) is 9.59 Å². The summed E-state index contributed by atoms with van der Waals surface area (Å²) in [4.78, 5) is 22.9. The van der Waals surface area contributed by atoms with E-state index in [0.29, 0.717) is 0 Å². The zero-order valence-electron chi connectivity index (χ0n) is 11.4. The molecule has 1 aromatic rings. The average molecular weight is 283 g/mol. The highest BCUT2D eigenvalue weighted by atomic mass is 35.5. The number of carbonyl (C=O) groups is 2. The second kappa shape index (κ2) is 7.14. The fraction of sp³-hybridized carbons (Fsp3) is 0.429. The van der Waals surface area contributed by atoms with Crippen molar-refractivity contribution in [2.45, 2.75) is 32.6 Å². The third kappa shape index (κ3) is 5.30. The van der Waals surface area contributed by atoms with Gasteiger partial charge in [-0.3, -0.25) is 9.59 Å². The Bertz CT molecular complexity index is 473. The molecule has 0 aromatic heterocycles. The number of carbonyl (C=O) groups excluding carboxylic acids is 2. The number of alkyl halides is 1. The van der Waals surface area contributed by atoms with Gasteiger partial charge in [0.25, 0.3) is 0 Å². The summed E-state index contributed by atoms with van der Waals surface area (Å²) in [5.74, 6) is -0.391. The smallest absolute Gasteiger partial charge is 0.237 e. The van der Waals surface area contributed by atoms with Gasteiger partial charge < -0.3 is 10.6 Å². The Morgan fingerprint density at radius 1 is 1.32 bits per heavy atom. The summed E-state index contributed by atoms with van der Waals surface area (Å²) in [6, 6.07) is 5.88. The Kier molecular flexibility index (Phi) is 5.83. The van der Waals surface area contributed by atoms with Crippen LogP contribution >= 0.6 is 11.6 Å². The Balaban J connectivity index is 2.43. The van der Waals surface area contributed by atoms with E-state index >= 15 is 0 Å². The van der Waals surface area contributed by atoms with Crippen molar-refractivity contribution in [2.24, 2.45) is 0 Å². The van der Waals surface area contributed by atoms with Crippen molar-refractivity contribution in [3.05, 3.63) is 29.3 Å². The third-order valence-corrected chi connectivity index (χ3v) is 2.88. The van der Waals surface area contributed by atoms with Crippen LogP contribution in [0.5, 0.6) is 0 Å². The zero-order chi connectivity index (χ0) is 14.4. The summed E-state index contributed by atoms with van der Waals surface area (Å²) in [7, 11) is 0. The van der Waals surface area contributed by atoms with Crippen molar-refractivity contribution < 1.29 is 9.59 Å². The molecule has 4 nitrogen and oxygen atoms in total. The van der Waals surface area contributed by atoms with Crippen LogP contribution < -0.4 is 10.6 Å². The zero-order valence-corrected chi connectivity index (χ0v) is 12.2. The van der Waals surface area contributed by atoms with Crippen LogP contribution in [0.2, 0.25) is 0 Å². The molecular weight excluding hydrogens is 264 g/mol. The van der Waals surface area contributed by atoms with Crippen LogP contribution in [0.25, 0.3) is 0 Å². The molecule has 1 atom stereocenters. The molecule has 1 rings (SSSR count). The minimum absolute atomic E-state index is 0.128. The predicted octanol–water partition coefficient (Wildman–Crippen LogP) is 2.38. The summed E-state index contributed by atoms with van der Waals surface area (Å²) in [6.45, 7) is 5.78. The van der Waals surface area contributed by atoms with Gasteiger partial charge >= 0.3 is 0 Å². The minimum atomic E-state index is -0.581. The van der Waals surface area contributed by atoms with E-state index < -0.39 is 5.38 Å². The summed E-state index contributed by atoms with van der Waals surface area (Å²) in [5.41, 5.74) is 2.91. The van der Waals surface area contributed by atoms with Crippen molar-refractivity contribution in [2.75, 3.05) is 11.9 Å². The van der Waals surface area contributed by atoms with Gasteiger partial charge in [0.1, 0.15) is 5.38 Å². The lowest BCUT2D eigenvalue weighted by atomic mass is 10.1. The molecule has 104 valence electrons. The predicted molar refractivity (Wildman–Crippen MR) is 77.5 cm³/mol. The average Bonchev–Trinajstić information content (AvgIpc) is 2.33. The molecule has 0 aliphatic heterocycles.